The van der Waals surface area contributed by atoms with Crippen molar-refractivity contribution < 1.29 is 31.4 Å². The van der Waals surface area contributed by atoms with Crippen LogP contribution in [0, 0.1) is 17.1 Å². The first-order valence-corrected chi connectivity index (χ1v) is 14.5. The predicted octanol–water partition coefficient (Wildman–Crippen LogP) is 5.68. The molecule has 0 radical (unpaired) electrons. The summed E-state index contributed by atoms with van der Waals surface area (Å²) < 4.78 is 85.5. The first kappa shape index (κ1) is 21.8. The van der Waals surface area contributed by atoms with Gasteiger partial charge in [-0.15, -0.1) is 0 Å². The SMILES string of the molecule is [2H]C([2H])([2H])N1C(=O)c2cccc(OC(F)F)c2[C@H]2C[C@@H]1c1nc3ccc(-c4cc(F)c(P(C)(C)=O)c(C#N)c4)cc3n12. The van der Waals surface area contributed by atoms with Crippen molar-refractivity contribution in [1.82, 2.24) is 14.5 Å². The number of fused-ring (bicyclic) bond motifs is 9. The van der Waals surface area contributed by atoms with Crippen molar-refractivity contribution in [3.63, 3.8) is 0 Å². The van der Waals surface area contributed by atoms with Crippen LogP contribution in [0.15, 0.2) is 48.5 Å². The Morgan fingerprint density at radius 1 is 1.18 bits per heavy atom. The van der Waals surface area contributed by atoms with Gasteiger partial charge in [0.2, 0.25) is 0 Å². The number of hydrogen-bond acceptors (Lipinski definition) is 5. The van der Waals surface area contributed by atoms with Gasteiger partial charge in [-0.1, -0.05) is 12.1 Å². The van der Waals surface area contributed by atoms with E-state index in [0.29, 0.717) is 22.2 Å². The summed E-state index contributed by atoms with van der Waals surface area (Å²) in [6.45, 7) is -3.29. The van der Waals surface area contributed by atoms with Gasteiger partial charge < -0.3 is 18.8 Å². The average molecular weight is 553 g/mol. The Balaban J connectivity index is 1.60. The van der Waals surface area contributed by atoms with E-state index in [9.17, 15) is 23.4 Å². The zero-order chi connectivity index (χ0) is 30.3. The van der Waals surface area contributed by atoms with Crippen LogP contribution in [0.4, 0.5) is 13.2 Å². The predicted molar refractivity (Wildman–Crippen MR) is 140 cm³/mol. The summed E-state index contributed by atoms with van der Waals surface area (Å²) in [5, 5.41) is 9.53. The van der Waals surface area contributed by atoms with Crippen LogP contribution in [0.25, 0.3) is 22.2 Å². The molecule has 2 atom stereocenters. The Morgan fingerprint density at radius 3 is 2.67 bits per heavy atom. The molecule has 2 aliphatic heterocycles. The van der Waals surface area contributed by atoms with E-state index < -0.39 is 44.5 Å². The number of benzene rings is 3. The van der Waals surface area contributed by atoms with E-state index >= 15 is 4.39 Å². The molecule has 3 heterocycles. The highest BCUT2D eigenvalue weighted by molar-refractivity contribution is 7.70. The van der Waals surface area contributed by atoms with Crippen LogP contribution in [0.1, 0.15) is 49.9 Å². The lowest BCUT2D eigenvalue weighted by molar-refractivity contribution is -0.0507. The number of rotatable bonds is 4. The number of nitrogens with zero attached hydrogens (tertiary/aromatic N) is 4. The lowest BCUT2D eigenvalue weighted by Gasteiger charge is -2.24. The van der Waals surface area contributed by atoms with Gasteiger partial charge in [-0.3, -0.25) is 4.79 Å². The molecule has 7 nitrogen and oxygen atoms in total. The van der Waals surface area contributed by atoms with Gasteiger partial charge >= 0.3 is 6.61 Å². The van der Waals surface area contributed by atoms with E-state index in [4.69, 9.17) is 8.85 Å². The molecular formula is C28H22F3N4O3P. The molecule has 2 bridgehead atoms. The monoisotopic (exact) mass is 553 g/mol. The van der Waals surface area contributed by atoms with Gasteiger partial charge in [-0.05, 0) is 60.9 Å². The van der Waals surface area contributed by atoms with Crippen LogP contribution >= 0.6 is 7.14 Å². The standard InChI is InChI=1S/C28H22F3N4O3P/c1-34-22-12-21(24-17(27(34)36)5-4-6-23(24)38-28(30)31)35-20-11-14(7-8-19(20)33-26(22)35)15-9-16(13-32)25(18(29)10-15)39(2,3)37/h4-11,21-22,28H,12H2,1-3H3/t21-,22-/m1/s1/i1D3. The molecule has 198 valence electrons. The zero-order valence-electron chi connectivity index (χ0n) is 23.7. The summed E-state index contributed by atoms with van der Waals surface area (Å²) in [5.74, 6) is -1.62. The van der Waals surface area contributed by atoms with Gasteiger partial charge in [0.25, 0.3) is 5.91 Å². The molecule has 0 N–H and O–H groups in total. The number of nitriles is 1. The largest absolute Gasteiger partial charge is 0.434 e. The maximum Gasteiger partial charge on any atom is 0.387 e. The third-order valence-corrected chi connectivity index (χ3v) is 8.74. The number of ether oxygens (including phenoxy) is 1. The normalized spacial score (nSPS) is 19.7. The maximum atomic E-state index is 15.2. The summed E-state index contributed by atoms with van der Waals surface area (Å²) in [6, 6.07) is 11.8. The minimum atomic E-state index is -3.19. The van der Waals surface area contributed by atoms with Crippen molar-refractivity contribution in [3.05, 3.63) is 76.9 Å². The Labute approximate surface area is 226 Å². The molecule has 6 rings (SSSR count). The second-order valence-corrected chi connectivity index (χ2v) is 13.0. The third-order valence-electron chi connectivity index (χ3n) is 7.20. The van der Waals surface area contributed by atoms with Crippen LogP contribution in [-0.2, 0) is 4.57 Å². The molecule has 0 spiro atoms. The lowest BCUT2D eigenvalue weighted by atomic mass is 9.97. The van der Waals surface area contributed by atoms with Crippen molar-refractivity contribution in [2.45, 2.75) is 25.1 Å². The number of amides is 1. The van der Waals surface area contributed by atoms with Gasteiger partial charge in [-0.2, -0.15) is 14.0 Å². The van der Waals surface area contributed by atoms with E-state index in [2.05, 4.69) is 4.98 Å². The molecule has 0 fully saturated rings. The molecule has 39 heavy (non-hydrogen) atoms. The minimum absolute atomic E-state index is 0.0490. The minimum Gasteiger partial charge on any atom is -0.434 e. The molecule has 1 amide bonds. The first-order chi connectivity index (χ1) is 19.7. The van der Waals surface area contributed by atoms with Crippen LogP contribution in [0.2, 0.25) is 0 Å². The van der Waals surface area contributed by atoms with E-state index in [1.807, 2.05) is 6.07 Å². The molecule has 11 heteroatoms. The van der Waals surface area contributed by atoms with Crippen molar-refractivity contribution in [1.29, 1.82) is 5.26 Å². The highest BCUT2D eigenvalue weighted by Crippen LogP contribution is 2.50. The fourth-order valence-electron chi connectivity index (χ4n) is 5.69. The van der Waals surface area contributed by atoms with E-state index in [1.54, 1.807) is 22.8 Å². The molecule has 0 saturated heterocycles. The fourth-order valence-corrected chi connectivity index (χ4v) is 6.96. The average Bonchev–Trinajstić information content (AvgIpc) is 3.39. The number of carbonyl (C=O) groups excluding carboxylic acids is 1. The second kappa shape index (κ2) is 8.72. The topological polar surface area (TPSA) is 88.2 Å². The highest BCUT2D eigenvalue weighted by Gasteiger charge is 2.45. The van der Waals surface area contributed by atoms with Crippen molar-refractivity contribution >= 4 is 29.4 Å². The number of carbonyl (C=O) groups is 1. The van der Waals surface area contributed by atoms with E-state index in [1.165, 1.54) is 43.7 Å². The van der Waals surface area contributed by atoms with E-state index in [0.717, 1.165) is 4.90 Å². The van der Waals surface area contributed by atoms with Crippen molar-refractivity contribution in [2.75, 3.05) is 20.3 Å². The van der Waals surface area contributed by atoms with Crippen LogP contribution in [0.5, 0.6) is 5.75 Å². The molecule has 4 aromatic rings. The van der Waals surface area contributed by atoms with Crippen LogP contribution in [-0.4, -0.2) is 47.3 Å². The Bertz CT molecular complexity index is 1900. The lowest BCUT2D eigenvalue weighted by Crippen LogP contribution is -2.30. The van der Waals surface area contributed by atoms with Gasteiger partial charge in [0.05, 0.1) is 34.0 Å². The summed E-state index contributed by atoms with van der Waals surface area (Å²) >= 11 is 0. The van der Waals surface area contributed by atoms with Gasteiger partial charge in [0.1, 0.15) is 30.6 Å². The summed E-state index contributed by atoms with van der Waals surface area (Å²) in [6.07, 6.45) is 0.0490. The Morgan fingerprint density at radius 2 is 1.97 bits per heavy atom. The maximum absolute atomic E-state index is 15.2. The molecule has 2 aliphatic rings. The Kier molecular flexibility index (Phi) is 4.87. The molecule has 3 aromatic carbocycles. The summed E-state index contributed by atoms with van der Waals surface area (Å²) in [5.41, 5.74) is 1.72. The molecule has 0 aliphatic carbocycles. The van der Waals surface area contributed by atoms with Gasteiger partial charge in [-0.25, -0.2) is 9.37 Å². The van der Waals surface area contributed by atoms with Crippen LogP contribution < -0.4 is 10.0 Å². The molecule has 0 saturated carbocycles. The zero-order valence-corrected chi connectivity index (χ0v) is 21.5. The smallest absolute Gasteiger partial charge is 0.387 e. The van der Waals surface area contributed by atoms with Crippen molar-refractivity contribution in [2.24, 2.45) is 0 Å². The van der Waals surface area contributed by atoms with Crippen molar-refractivity contribution in [3.8, 4) is 22.9 Å². The number of imidazole rings is 1. The Hall–Kier alpha value is -4.09. The molecule has 0 unspecified atom stereocenters. The quantitative estimate of drug-likeness (QED) is 0.304. The van der Waals surface area contributed by atoms with Crippen LogP contribution in [0.3, 0.4) is 0 Å². The second-order valence-electron chi connectivity index (χ2n) is 9.90. The fraction of sp³-hybridized carbons (Fsp3) is 0.250. The number of hydrogen-bond donors (Lipinski definition) is 0. The first-order valence-electron chi connectivity index (χ1n) is 13.4. The highest BCUT2D eigenvalue weighted by atomic mass is 31.2. The van der Waals surface area contributed by atoms with Gasteiger partial charge in [0, 0.05) is 28.6 Å². The summed E-state index contributed by atoms with van der Waals surface area (Å²) in [4.78, 5) is 19.0. The summed E-state index contributed by atoms with van der Waals surface area (Å²) in [7, 11) is -3.10. The molecule has 1 aromatic heterocycles. The number of aromatic nitrogens is 2. The van der Waals surface area contributed by atoms with Gasteiger partial charge in [0.15, 0.2) is 0 Å². The van der Waals surface area contributed by atoms with E-state index in [-0.39, 0.29) is 40.0 Å². The number of alkyl halides is 2. The number of halogens is 3. The third kappa shape index (κ3) is 3.83. The molecular weight excluding hydrogens is 528 g/mol.